The molecule has 1 aromatic carbocycles. The molecule has 5 nitrogen and oxygen atoms in total. The summed E-state index contributed by atoms with van der Waals surface area (Å²) in [5.74, 6) is 0.860. The first-order valence-corrected chi connectivity index (χ1v) is 7.01. The third-order valence-corrected chi connectivity index (χ3v) is 3.43. The maximum Gasteiger partial charge on any atom is 0.124 e. The van der Waals surface area contributed by atoms with Gasteiger partial charge in [0.2, 0.25) is 0 Å². The molecule has 0 fully saturated rings. The van der Waals surface area contributed by atoms with E-state index in [1.807, 2.05) is 30.1 Å². The molecule has 0 bridgehead atoms. The molecule has 0 spiro atoms. The summed E-state index contributed by atoms with van der Waals surface area (Å²) in [6.07, 6.45) is 1.96. The number of ether oxygens (including phenoxy) is 2. The van der Waals surface area contributed by atoms with Gasteiger partial charge in [0.05, 0.1) is 19.4 Å². The smallest absolute Gasteiger partial charge is 0.124 e. The number of nitrogens with one attached hydrogen (secondary N) is 1. The van der Waals surface area contributed by atoms with E-state index in [9.17, 15) is 0 Å². The van der Waals surface area contributed by atoms with E-state index < -0.39 is 0 Å². The highest BCUT2D eigenvalue weighted by Crippen LogP contribution is 2.21. The van der Waals surface area contributed by atoms with Crippen molar-refractivity contribution in [1.29, 1.82) is 0 Å². The lowest BCUT2D eigenvalue weighted by Crippen LogP contribution is -2.19. The zero-order chi connectivity index (χ0) is 15.2. The molecule has 5 heteroatoms. The molecule has 0 saturated heterocycles. The third-order valence-electron chi connectivity index (χ3n) is 3.43. The van der Waals surface area contributed by atoms with Crippen LogP contribution in [0.2, 0.25) is 0 Å². The Hall–Kier alpha value is -1.85. The Morgan fingerprint density at radius 2 is 2.10 bits per heavy atom. The lowest BCUT2D eigenvalue weighted by Gasteiger charge is -2.14. The minimum Gasteiger partial charge on any atom is -0.496 e. The van der Waals surface area contributed by atoms with Crippen molar-refractivity contribution < 1.29 is 9.47 Å². The first-order valence-electron chi connectivity index (χ1n) is 7.01. The molecule has 0 aliphatic heterocycles. The van der Waals surface area contributed by atoms with E-state index in [-0.39, 0.29) is 6.04 Å². The maximum atomic E-state index is 5.34. The summed E-state index contributed by atoms with van der Waals surface area (Å²) in [5, 5.41) is 7.89. The number of nitrogens with zero attached hydrogens (tertiary/aromatic N) is 2. The Bertz CT molecular complexity index is 581. The first kappa shape index (κ1) is 15.5. The summed E-state index contributed by atoms with van der Waals surface area (Å²) < 4.78 is 12.4. The molecule has 1 atom stereocenters. The number of hydrogen-bond acceptors (Lipinski definition) is 4. The fraction of sp³-hybridized carbons (Fsp3) is 0.438. The summed E-state index contributed by atoms with van der Waals surface area (Å²) in [6, 6.07) is 8.40. The van der Waals surface area contributed by atoms with Crippen LogP contribution in [-0.4, -0.2) is 24.0 Å². The van der Waals surface area contributed by atoms with E-state index in [0.29, 0.717) is 6.61 Å². The molecule has 114 valence electrons. The zero-order valence-electron chi connectivity index (χ0n) is 13.1. The fourth-order valence-corrected chi connectivity index (χ4v) is 2.25. The monoisotopic (exact) mass is 289 g/mol. The van der Waals surface area contributed by atoms with Gasteiger partial charge >= 0.3 is 0 Å². The van der Waals surface area contributed by atoms with Crippen LogP contribution < -0.4 is 10.1 Å². The molecule has 0 saturated carbocycles. The van der Waals surface area contributed by atoms with Crippen molar-refractivity contribution in [2.75, 3.05) is 14.2 Å². The van der Waals surface area contributed by atoms with Gasteiger partial charge < -0.3 is 14.8 Å². The summed E-state index contributed by atoms with van der Waals surface area (Å²) in [7, 11) is 5.29. The van der Waals surface area contributed by atoms with Crippen molar-refractivity contribution in [3.63, 3.8) is 0 Å². The Morgan fingerprint density at radius 3 is 2.71 bits per heavy atom. The maximum absolute atomic E-state index is 5.34. The average molecular weight is 289 g/mol. The Labute approximate surface area is 125 Å². The predicted molar refractivity (Wildman–Crippen MR) is 82.2 cm³/mol. The van der Waals surface area contributed by atoms with Gasteiger partial charge in [0.1, 0.15) is 5.75 Å². The molecule has 1 N–H and O–H groups in total. The molecule has 1 aromatic heterocycles. The number of rotatable bonds is 7. The molecule has 0 amide bonds. The number of aromatic nitrogens is 2. The van der Waals surface area contributed by atoms with Gasteiger partial charge in [-0.25, -0.2) is 0 Å². The molecular formula is C16H23N3O2. The molecule has 21 heavy (non-hydrogen) atoms. The molecule has 0 aliphatic rings. The highest BCUT2D eigenvalue weighted by molar-refractivity contribution is 5.37. The summed E-state index contributed by atoms with van der Waals surface area (Å²) in [5.41, 5.74) is 3.30. The predicted octanol–water partition coefficient (Wildman–Crippen LogP) is 2.43. The quantitative estimate of drug-likeness (QED) is 0.850. The minimum atomic E-state index is 0.208. The van der Waals surface area contributed by atoms with Crippen molar-refractivity contribution in [2.45, 2.75) is 26.1 Å². The van der Waals surface area contributed by atoms with Crippen LogP contribution in [0.5, 0.6) is 5.75 Å². The van der Waals surface area contributed by atoms with Crippen molar-refractivity contribution >= 4 is 0 Å². The topological polar surface area (TPSA) is 48.3 Å². The van der Waals surface area contributed by atoms with Gasteiger partial charge in [-0.2, -0.15) is 5.10 Å². The van der Waals surface area contributed by atoms with Crippen molar-refractivity contribution in [3.8, 4) is 5.75 Å². The highest BCUT2D eigenvalue weighted by Gasteiger charge is 2.09. The van der Waals surface area contributed by atoms with Crippen LogP contribution in [0.3, 0.4) is 0 Å². The van der Waals surface area contributed by atoms with E-state index in [4.69, 9.17) is 9.47 Å². The van der Waals surface area contributed by atoms with E-state index >= 15 is 0 Å². The molecular weight excluding hydrogens is 266 g/mol. The summed E-state index contributed by atoms with van der Waals surface area (Å²) >= 11 is 0. The van der Waals surface area contributed by atoms with Crippen molar-refractivity contribution in [3.05, 3.63) is 47.3 Å². The van der Waals surface area contributed by atoms with Crippen LogP contribution in [0.1, 0.15) is 29.8 Å². The van der Waals surface area contributed by atoms with Crippen LogP contribution in [0.25, 0.3) is 0 Å². The van der Waals surface area contributed by atoms with Crippen LogP contribution in [0, 0.1) is 0 Å². The van der Waals surface area contributed by atoms with Gasteiger partial charge in [0.15, 0.2) is 0 Å². The summed E-state index contributed by atoms with van der Waals surface area (Å²) in [6.45, 7) is 3.44. The lowest BCUT2D eigenvalue weighted by atomic mass is 10.1. The van der Waals surface area contributed by atoms with E-state index in [1.54, 1.807) is 14.2 Å². The molecule has 2 aromatic rings. The van der Waals surface area contributed by atoms with E-state index in [2.05, 4.69) is 29.5 Å². The molecule has 0 radical (unpaired) electrons. The lowest BCUT2D eigenvalue weighted by molar-refractivity contribution is 0.181. The second-order valence-corrected chi connectivity index (χ2v) is 5.10. The Kier molecular flexibility index (Phi) is 5.36. The number of aryl methyl sites for hydroxylation is 1. The van der Waals surface area contributed by atoms with E-state index in [1.165, 1.54) is 5.56 Å². The summed E-state index contributed by atoms with van der Waals surface area (Å²) in [4.78, 5) is 0. The molecule has 2 rings (SSSR count). The highest BCUT2D eigenvalue weighted by atomic mass is 16.5. The molecule has 1 heterocycles. The van der Waals surface area contributed by atoms with Crippen LogP contribution >= 0.6 is 0 Å². The Morgan fingerprint density at radius 1 is 1.29 bits per heavy atom. The largest absolute Gasteiger partial charge is 0.496 e. The number of methoxy groups -OCH3 is 2. The second-order valence-electron chi connectivity index (χ2n) is 5.10. The average Bonchev–Trinajstić information content (AvgIpc) is 2.92. The minimum absolute atomic E-state index is 0.208. The zero-order valence-corrected chi connectivity index (χ0v) is 13.1. The van der Waals surface area contributed by atoms with Crippen molar-refractivity contribution in [1.82, 2.24) is 15.1 Å². The van der Waals surface area contributed by atoms with Crippen molar-refractivity contribution in [2.24, 2.45) is 7.05 Å². The number of benzene rings is 1. The second kappa shape index (κ2) is 7.24. The van der Waals surface area contributed by atoms with E-state index in [0.717, 1.165) is 23.6 Å². The van der Waals surface area contributed by atoms with Crippen LogP contribution in [0.15, 0.2) is 30.5 Å². The third kappa shape index (κ3) is 4.06. The normalized spacial score (nSPS) is 12.4. The van der Waals surface area contributed by atoms with Gasteiger partial charge in [0, 0.05) is 38.5 Å². The van der Waals surface area contributed by atoms with Gasteiger partial charge in [-0.1, -0.05) is 6.07 Å². The molecule has 0 aliphatic carbocycles. The van der Waals surface area contributed by atoms with Gasteiger partial charge in [0.25, 0.3) is 0 Å². The Balaban J connectivity index is 2.01. The van der Waals surface area contributed by atoms with Gasteiger partial charge in [-0.3, -0.25) is 4.68 Å². The number of hydrogen-bond donors (Lipinski definition) is 1. The SMILES string of the molecule is COCc1cc(CNC(C)c2ccn(C)n2)ccc1OC. The van der Waals surface area contributed by atoms with Gasteiger partial charge in [-0.15, -0.1) is 0 Å². The van der Waals surface area contributed by atoms with Gasteiger partial charge in [-0.05, 0) is 30.7 Å². The fourth-order valence-electron chi connectivity index (χ4n) is 2.25. The van der Waals surface area contributed by atoms with Crippen LogP contribution in [0.4, 0.5) is 0 Å². The molecule has 1 unspecified atom stereocenters. The first-order chi connectivity index (χ1) is 10.1. The standard InChI is InChI=1S/C16H23N3O2/c1-12(15-7-8-19(2)18-15)17-10-13-5-6-16(21-4)14(9-13)11-20-3/h5-9,12,17H,10-11H2,1-4H3. The van der Waals surface area contributed by atoms with Crippen LogP contribution in [-0.2, 0) is 24.9 Å².